The summed E-state index contributed by atoms with van der Waals surface area (Å²) in [6.45, 7) is 0.902. The third kappa shape index (κ3) is 6.12. The number of piperidine rings is 1. The first-order valence-electron chi connectivity index (χ1n) is 6.59. The van der Waals surface area contributed by atoms with Gasteiger partial charge in [0.2, 0.25) is 5.91 Å². The second-order valence-electron chi connectivity index (χ2n) is 4.75. The van der Waals surface area contributed by atoms with Crippen LogP contribution >= 0.6 is 0 Å². The van der Waals surface area contributed by atoms with Crippen LogP contribution in [0.2, 0.25) is 0 Å². The summed E-state index contributed by atoms with van der Waals surface area (Å²) in [6.07, 6.45) is -3.21. The van der Waals surface area contributed by atoms with Gasteiger partial charge in [0.25, 0.3) is 0 Å². The summed E-state index contributed by atoms with van der Waals surface area (Å²) >= 11 is 0. The van der Waals surface area contributed by atoms with Gasteiger partial charge in [-0.05, 0) is 19.3 Å². The van der Waals surface area contributed by atoms with Crippen LogP contribution in [0.5, 0.6) is 0 Å². The number of ether oxygens (including phenoxy) is 1. The summed E-state index contributed by atoms with van der Waals surface area (Å²) in [5.41, 5.74) is 0. The molecule has 2 amide bonds. The first kappa shape index (κ1) is 16.6. The molecule has 1 aliphatic heterocycles. The summed E-state index contributed by atoms with van der Waals surface area (Å²) in [5.74, 6) is -0.0365. The predicted octanol–water partition coefficient (Wildman–Crippen LogP) is 2.07. The van der Waals surface area contributed by atoms with Crippen LogP contribution in [0, 0.1) is 0 Å². The van der Waals surface area contributed by atoms with Gasteiger partial charge in [0.05, 0.1) is 0 Å². The number of amides is 2. The monoisotopic (exact) mass is 296 g/mol. The fraction of sp³-hybridized carbons (Fsp3) is 0.833. The van der Waals surface area contributed by atoms with Crippen molar-refractivity contribution < 1.29 is 27.5 Å². The molecule has 0 aromatic rings. The molecule has 0 aromatic carbocycles. The number of nitrogens with zero attached hydrogens (tertiary/aromatic N) is 1. The van der Waals surface area contributed by atoms with Crippen molar-refractivity contribution in [1.29, 1.82) is 0 Å². The molecule has 0 aromatic heterocycles. The zero-order chi connectivity index (χ0) is 15.2. The van der Waals surface area contributed by atoms with E-state index in [-0.39, 0.29) is 25.0 Å². The molecule has 0 radical (unpaired) electrons. The molecule has 1 N–H and O–H groups in total. The number of halogens is 3. The summed E-state index contributed by atoms with van der Waals surface area (Å²) in [7, 11) is 0. The number of alkyl halides is 3. The average Bonchev–Trinajstić information content (AvgIpc) is 2.36. The lowest BCUT2D eigenvalue weighted by atomic mass is 10.1. The van der Waals surface area contributed by atoms with Crippen molar-refractivity contribution in [1.82, 2.24) is 10.2 Å². The molecular weight excluding hydrogens is 277 g/mol. The van der Waals surface area contributed by atoms with Crippen LogP contribution in [0.15, 0.2) is 0 Å². The Morgan fingerprint density at radius 3 is 2.40 bits per heavy atom. The highest BCUT2D eigenvalue weighted by Gasteiger charge is 2.32. The van der Waals surface area contributed by atoms with Crippen LogP contribution in [0.25, 0.3) is 0 Å². The second kappa shape index (κ2) is 7.35. The number of carbonyl (C=O) groups is 2. The molecule has 1 aliphatic rings. The van der Waals surface area contributed by atoms with Gasteiger partial charge in [0.1, 0.15) is 0 Å². The van der Waals surface area contributed by atoms with Crippen molar-refractivity contribution in [2.45, 2.75) is 44.8 Å². The number of hydrogen-bond acceptors (Lipinski definition) is 3. The van der Waals surface area contributed by atoms with Crippen molar-refractivity contribution >= 4 is 12.0 Å². The van der Waals surface area contributed by atoms with E-state index in [1.165, 1.54) is 4.90 Å². The van der Waals surface area contributed by atoms with E-state index in [0.717, 1.165) is 6.42 Å². The van der Waals surface area contributed by atoms with Crippen LogP contribution in [0.1, 0.15) is 32.6 Å². The zero-order valence-electron chi connectivity index (χ0n) is 11.3. The van der Waals surface area contributed by atoms with E-state index in [2.05, 4.69) is 10.1 Å². The van der Waals surface area contributed by atoms with Crippen LogP contribution in [0.3, 0.4) is 0 Å². The molecule has 0 aliphatic carbocycles. The van der Waals surface area contributed by atoms with Gasteiger partial charge in [-0.1, -0.05) is 6.92 Å². The van der Waals surface area contributed by atoms with E-state index in [9.17, 15) is 22.8 Å². The summed E-state index contributed by atoms with van der Waals surface area (Å²) in [4.78, 5) is 24.0. The lowest BCUT2D eigenvalue weighted by Crippen LogP contribution is -2.47. The van der Waals surface area contributed by atoms with E-state index in [0.29, 0.717) is 19.3 Å². The minimum atomic E-state index is -4.51. The molecule has 20 heavy (non-hydrogen) atoms. The maximum absolute atomic E-state index is 11.9. The van der Waals surface area contributed by atoms with Gasteiger partial charge in [-0.2, -0.15) is 13.2 Å². The van der Waals surface area contributed by atoms with E-state index in [1.54, 1.807) is 0 Å². The van der Waals surface area contributed by atoms with E-state index in [4.69, 9.17) is 0 Å². The van der Waals surface area contributed by atoms with E-state index >= 15 is 0 Å². The maximum Gasteiger partial charge on any atom is 0.422 e. The SMILES string of the molecule is CCCC(=O)NC1CCN(C(=O)OCC(F)(F)F)CC1. The molecule has 1 saturated heterocycles. The lowest BCUT2D eigenvalue weighted by molar-refractivity contribution is -0.162. The minimum absolute atomic E-state index is 0.0271. The third-order valence-corrected chi connectivity index (χ3v) is 2.95. The number of nitrogens with one attached hydrogen (secondary N) is 1. The highest BCUT2D eigenvalue weighted by Crippen LogP contribution is 2.17. The Kier molecular flexibility index (Phi) is 6.09. The van der Waals surface area contributed by atoms with Gasteiger partial charge in [0.15, 0.2) is 6.61 Å². The zero-order valence-corrected chi connectivity index (χ0v) is 11.3. The minimum Gasteiger partial charge on any atom is -0.440 e. The standard InChI is InChI=1S/C12H19F3N2O3/c1-2-3-10(18)16-9-4-6-17(7-5-9)11(19)20-8-12(13,14)15/h9H,2-8H2,1H3,(H,16,18). The van der Waals surface area contributed by atoms with Crippen molar-refractivity contribution in [2.24, 2.45) is 0 Å². The van der Waals surface area contributed by atoms with E-state index < -0.39 is 18.9 Å². The molecule has 0 bridgehead atoms. The fourth-order valence-electron chi connectivity index (χ4n) is 1.97. The Morgan fingerprint density at radius 1 is 1.30 bits per heavy atom. The van der Waals surface area contributed by atoms with Crippen LogP contribution < -0.4 is 5.32 Å². The van der Waals surface area contributed by atoms with Crippen LogP contribution in [-0.4, -0.2) is 48.8 Å². The van der Waals surface area contributed by atoms with Crippen molar-refractivity contribution in [3.05, 3.63) is 0 Å². The number of carbonyl (C=O) groups excluding carboxylic acids is 2. The Hall–Kier alpha value is -1.47. The number of hydrogen-bond donors (Lipinski definition) is 1. The van der Waals surface area contributed by atoms with Gasteiger partial charge in [-0.25, -0.2) is 4.79 Å². The summed E-state index contributed by atoms with van der Waals surface area (Å²) in [6, 6.07) is -0.0271. The Labute approximate surface area is 115 Å². The number of likely N-dealkylation sites (tertiary alicyclic amines) is 1. The first-order valence-corrected chi connectivity index (χ1v) is 6.59. The summed E-state index contributed by atoms with van der Waals surface area (Å²) < 4.78 is 39.9. The summed E-state index contributed by atoms with van der Waals surface area (Å²) in [5, 5.41) is 2.84. The van der Waals surface area contributed by atoms with Gasteiger partial charge in [-0.3, -0.25) is 4.79 Å². The molecule has 0 spiro atoms. The van der Waals surface area contributed by atoms with Crippen molar-refractivity contribution in [3.63, 3.8) is 0 Å². The lowest BCUT2D eigenvalue weighted by Gasteiger charge is -2.31. The van der Waals surface area contributed by atoms with Crippen molar-refractivity contribution in [3.8, 4) is 0 Å². The van der Waals surface area contributed by atoms with Crippen molar-refractivity contribution in [2.75, 3.05) is 19.7 Å². The molecule has 1 heterocycles. The van der Waals surface area contributed by atoms with Gasteiger partial charge < -0.3 is 15.0 Å². The molecular formula is C12H19F3N2O3. The molecule has 116 valence electrons. The maximum atomic E-state index is 11.9. The first-order chi connectivity index (χ1) is 9.31. The Balaban J connectivity index is 2.27. The van der Waals surface area contributed by atoms with Gasteiger partial charge in [0, 0.05) is 25.6 Å². The molecule has 5 nitrogen and oxygen atoms in total. The molecule has 8 heteroatoms. The Bertz CT molecular complexity index is 339. The highest BCUT2D eigenvalue weighted by molar-refractivity contribution is 5.76. The second-order valence-corrected chi connectivity index (χ2v) is 4.75. The predicted molar refractivity (Wildman–Crippen MR) is 65.0 cm³/mol. The third-order valence-electron chi connectivity index (χ3n) is 2.95. The van der Waals surface area contributed by atoms with E-state index in [1.807, 2.05) is 6.92 Å². The number of rotatable bonds is 4. The van der Waals surface area contributed by atoms with Crippen LogP contribution in [-0.2, 0) is 9.53 Å². The Morgan fingerprint density at radius 2 is 1.90 bits per heavy atom. The quantitative estimate of drug-likeness (QED) is 0.864. The highest BCUT2D eigenvalue weighted by atomic mass is 19.4. The normalized spacial score (nSPS) is 16.9. The molecule has 1 fully saturated rings. The molecule has 0 saturated carbocycles. The largest absolute Gasteiger partial charge is 0.440 e. The van der Waals surface area contributed by atoms with Gasteiger partial charge in [-0.15, -0.1) is 0 Å². The molecule has 0 unspecified atom stereocenters. The van der Waals surface area contributed by atoms with Crippen LogP contribution in [0.4, 0.5) is 18.0 Å². The smallest absolute Gasteiger partial charge is 0.422 e. The van der Waals surface area contributed by atoms with Gasteiger partial charge >= 0.3 is 12.3 Å². The average molecular weight is 296 g/mol. The molecule has 0 atom stereocenters. The fourth-order valence-corrected chi connectivity index (χ4v) is 1.97. The molecule has 1 rings (SSSR count). The topological polar surface area (TPSA) is 58.6 Å².